The fourth-order valence-electron chi connectivity index (χ4n) is 1.59. The van der Waals surface area contributed by atoms with E-state index in [1.54, 1.807) is 13.4 Å². The number of hydrogen-bond donors (Lipinski definition) is 0. The fraction of sp³-hybridized carbons (Fsp3) is 0.846. The van der Waals surface area contributed by atoms with E-state index in [2.05, 4.69) is 0 Å². The molecule has 0 unspecified atom stereocenters. The van der Waals surface area contributed by atoms with E-state index in [1.807, 2.05) is 47.6 Å². The second kappa shape index (κ2) is 8.69. The van der Waals surface area contributed by atoms with Gasteiger partial charge in [-0.05, 0) is 47.6 Å². The number of hydrogen-bond acceptors (Lipinski definition) is 4. The van der Waals surface area contributed by atoms with Crippen molar-refractivity contribution in [3.63, 3.8) is 0 Å². The van der Waals surface area contributed by atoms with E-state index >= 15 is 0 Å². The van der Waals surface area contributed by atoms with E-state index < -0.39 is 8.80 Å². The Morgan fingerprint density at radius 2 is 1.22 bits per heavy atom. The van der Waals surface area contributed by atoms with Gasteiger partial charge in [-0.3, -0.25) is 0 Å². The highest BCUT2D eigenvalue weighted by atomic mass is 28.4. The lowest BCUT2D eigenvalue weighted by Gasteiger charge is -2.33. The Bertz CT molecular complexity index is 213. The van der Waals surface area contributed by atoms with Gasteiger partial charge in [0, 0.05) is 24.4 Å². The van der Waals surface area contributed by atoms with E-state index in [0.29, 0.717) is 6.04 Å². The Morgan fingerprint density at radius 3 is 1.50 bits per heavy atom. The van der Waals surface area contributed by atoms with Gasteiger partial charge in [0.25, 0.3) is 0 Å². The van der Waals surface area contributed by atoms with Gasteiger partial charge in [-0.25, -0.2) is 0 Å². The third kappa shape index (κ3) is 7.87. The maximum atomic E-state index is 5.99. The first-order chi connectivity index (χ1) is 8.31. The lowest BCUT2D eigenvalue weighted by molar-refractivity contribution is 0.00544. The minimum absolute atomic E-state index is 0.0742. The molecule has 0 saturated heterocycles. The van der Waals surface area contributed by atoms with Crippen LogP contribution in [0.4, 0.5) is 0 Å². The zero-order valence-corrected chi connectivity index (χ0v) is 13.7. The largest absolute Gasteiger partial charge is 0.505 e. The molecule has 0 aliphatic carbocycles. The Kier molecular flexibility index (Phi) is 8.51. The van der Waals surface area contributed by atoms with E-state index in [1.165, 1.54) is 0 Å². The van der Waals surface area contributed by atoms with Crippen LogP contribution in [0.2, 0.25) is 6.04 Å². The van der Waals surface area contributed by atoms with Crippen LogP contribution in [0.3, 0.4) is 0 Å². The van der Waals surface area contributed by atoms with Crippen molar-refractivity contribution in [2.24, 2.45) is 0 Å². The molecule has 0 aromatic carbocycles. The van der Waals surface area contributed by atoms with Crippen LogP contribution < -0.4 is 0 Å². The summed E-state index contributed by atoms with van der Waals surface area (Å²) in [6.45, 7) is 12.0. The summed E-state index contributed by atoms with van der Waals surface area (Å²) in [5.41, 5.74) is 0. The van der Waals surface area contributed by atoms with Crippen LogP contribution in [-0.2, 0) is 18.0 Å². The smallest absolute Gasteiger partial charge is 0.505 e. The van der Waals surface area contributed by atoms with Crippen molar-refractivity contribution in [2.45, 2.75) is 65.9 Å². The van der Waals surface area contributed by atoms with Gasteiger partial charge in [-0.2, -0.15) is 0 Å². The molecule has 0 aromatic heterocycles. The van der Waals surface area contributed by atoms with Gasteiger partial charge in [-0.15, -0.1) is 0 Å². The molecule has 4 nitrogen and oxygen atoms in total. The molecule has 0 saturated carbocycles. The average molecular weight is 276 g/mol. The van der Waals surface area contributed by atoms with Gasteiger partial charge < -0.3 is 18.0 Å². The molecular formula is C13H28O4Si. The quantitative estimate of drug-likeness (QED) is 0.478. The van der Waals surface area contributed by atoms with E-state index in [0.717, 1.165) is 0 Å². The number of methoxy groups -OCH3 is 1. The third-order valence-corrected chi connectivity index (χ3v) is 5.07. The van der Waals surface area contributed by atoms with Crippen LogP contribution in [-0.4, -0.2) is 34.2 Å². The summed E-state index contributed by atoms with van der Waals surface area (Å²) in [6, 6.07) is 0.620. The van der Waals surface area contributed by atoms with Crippen LogP contribution >= 0.6 is 0 Å². The summed E-state index contributed by atoms with van der Waals surface area (Å²) in [4.78, 5) is 0. The van der Waals surface area contributed by atoms with Crippen LogP contribution in [0, 0.1) is 0 Å². The molecule has 0 radical (unpaired) electrons. The molecule has 0 amide bonds. The first kappa shape index (κ1) is 17.6. The van der Waals surface area contributed by atoms with Crippen molar-refractivity contribution in [1.29, 1.82) is 0 Å². The highest BCUT2D eigenvalue weighted by Crippen LogP contribution is 2.22. The molecule has 0 aliphatic heterocycles. The molecule has 0 spiro atoms. The molecule has 0 bridgehead atoms. The summed E-state index contributed by atoms with van der Waals surface area (Å²) < 4.78 is 22.9. The lowest BCUT2D eigenvalue weighted by Crippen LogP contribution is -2.50. The zero-order chi connectivity index (χ0) is 14.2. The first-order valence-electron chi connectivity index (χ1n) is 6.52. The monoisotopic (exact) mass is 276 g/mol. The van der Waals surface area contributed by atoms with Crippen molar-refractivity contribution in [3.8, 4) is 0 Å². The summed E-state index contributed by atoms with van der Waals surface area (Å²) in [5.74, 6) is 0. The lowest BCUT2D eigenvalue weighted by atomic mass is 10.5. The summed E-state index contributed by atoms with van der Waals surface area (Å²) in [6.07, 6.45) is 3.76. The molecule has 0 aliphatic rings. The summed E-state index contributed by atoms with van der Waals surface area (Å²) >= 11 is 0. The molecule has 18 heavy (non-hydrogen) atoms. The summed E-state index contributed by atoms with van der Waals surface area (Å²) in [7, 11) is -1.07. The van der Waals surface area contributed by atoms with Crippen molar-refractivity contribution in [1.82, 2.24) is 0 Å². The van der Waals surface area contributed by atoms with Crippen LogP contribution in [0.5, 0.6) is 0 Å². The highest BCUT2D eigenvalue weighted by molar-refractivity contribution is 6.61. The predicted octanol–water partition coefficient (Wildman–Crippen LogP) is 3.36. The van der Waals surface area contributed by atoms with Crippen molar-refractivity contribution in [3.05, 3.63) is 12.3 Å². The molecule has 5 heteroatoms. The molecule has 0 heterocycles. The molecule has 0 N–H and O–H groups in total. The van der Waals surface area contributed by atoms with Crippen molar-refractivity contribution >= 4 is 8.80 Å². The highest BCUT2D eigenvalue weighted by Gasteiger charge is 2.43. The van der Waals surface area contributed by atoms with Crippen LogP contribution in [0.15, 0.2) is 12.3 Å². The van der Waals surface area contributed by atoms with Crippen molar-refractivity contribution in [2.75, 3.05) is 7.11 Å². The average Bonchev–Trinajstić information content (AvgIpc) is 2.13. The second-order valence-electron chi connectivity index (χ2n) is 4.99. The minimum Gasteiger partial charge on any atom is -0.505 e. The third-order valence-electron chi connectivity index (χ3n) is 1.85. The first-order valence-corrected chi connectivity index (χ1v) is 8.45. The number of ether oxygens (including phenoxy) is 1. The van der Waals surface area contributed by atoms with Gasteiger partial charge in [0.15, 0.2) is 0 Å². The second-order valence-corrected chi connectivity index (χ2v) is 7.48. The SMILES string of the molecule is CO/C=C/C[Si](OC(C)C)(OC(C)C)OC(C)C. The fourth-order valence-corrected chi connectivity index (χ4v) is 4.59. The van der Waals surface area contributed by atoms with E-state index in [-0.39, 0.29) is 18.3 Å². The maximum Gasteiger partial charge on any atom is 0.505 e. The standard InChI is InChI=1S/C13H28O4Si/c1-11(2)15-18(16-12(3)4,17-13(5)6)10-8-9-14-7/h8-9,11-13H,10H2,1-7H3/b9-8+. The molecular weight excluding hydrogens is 248 g/mol. The topological polar surface area (TPSA) is 36.9 Å². The maximum absolute atomic E-state index is 5.99. The zero-order valence-electron chi connectivity index (χ0n) is 12.7. The van der Waals surface area contributed by atoms with Gasteiger partial charge in [0.1, 0.15) is 0 Å². The molecule has 0 atom stereocenters. The molecule has 0 fully saturated rings. The minimum atomic E-state index is -2.69. The number of allylic oxidation sites excluding steroid dienone is 1. The van der Waals surface area contributed by atoms with Crippen LogP contribution in [0.25, 0.3) is 0 Å². The Morgan fingerprint density at radius 1 is 0.833 bits per heavy atom. The molecule has 0 aromatic rings. The Hall–Kier alpha value is -0.363. The van der Waals surface area contributed by atoms with Gasteiger partial charge in [0.05, 0.1) is 13.4 Å². The number of rotatable bonds is 9. The van der Waals surface area contributed by atoms with Gasteiger partial charge in [0.2, 0.25) is 0 Å². The molecule has 108 valence electrons. The molecule has 0 rings (SSSR count). The van der Waals surface area contributed by atoms with Crippen LogP contribution in [0.1, 0.15) is 41.5 Å². The van der Waals surface area contributed by atoms with Crippen molar-refractivity contribution < 1.29 is 18.0 Å². The van der Waals surface area contributed by atoms with E-state index in [4.69, 9.17) is 18.0 Å². The van der Waals surface area contributed by atoms with Gasteiger partial charge >= 0.3 is 8.80 Å². The Labute approximate surface area is 113 Å². The predicted molar refractivity (Wildman–Crippen MR) is 75.4 cm³/mol. The summed E-state index contributed by atoms with van der Waals surface area (Å²) in [5, 5.41) is 0. The van der Waals surface area contributed by atoms with E-state index in [9.17, 15) is 0 Å². The Balaban J connectivity index is 4.91. The normalized spacial score (nSPS) is 13.2. The van der Waals surface area contributed by atoms with Gasteiger partial charge in [-0.1, -0.05) is 0 Å².